The number of anilines is 1. The van der Waals surface area contributed by atoms with E-state index in [0.29, 0.717) is 32.4 Å². The van der Waals surface area contributed by atoms with Gasteiger partial charge in [-0.15, -0.1) is 0 Å². The summed E-state index contributed by atoms with van der Waals surface area (Å²) >= 11 is 0. The van der Waals surface area contributed by atoms with E-state index in [0.717, 1.165) is 11.0 Å². The minimum Gasteiger partial charge on any atom is -0.444 e. The van der Waals surface area contributed by atoms with Crippen molar-refractivity contribution in [2.24, 2.45) is 5.41 Å². The second-order valence-electron chi connectivity index (χ2n) is 8.33. The van der Waals surface area contributed by atoms with Crippen LogP contribution in [0.2, 0.25) is 0 Å². The van der Waals surface area contributed by atoms with Crippen molar-refractivity contribution in [3.05, 3.63) is 23.9 Å². The normalized spacial score (nSPS) is 20.0. The SMILES string of the molecule is CC(C)(C)OC(=O)N1CCC2(CC1)CCN(c1ncccc1C(F)(F)F)C2=O. The lowest BCUT2D eigenvalue weighted by molar-refractivity contribution is -0.137. The molecule has 0 aromatic carbocycles. The van der Waals surface area contributed by atoms with Gasteiger partial charge in [-0.1, -0.05) is 0 Å². The molecule has 28 heavy (non-hydrogen) atoms. The number of piperidine rings is 1. The molecule has 9 heteroatoms. The monoisotopic (exact) mass is 399 g/mol. The average Bonchev–Trinajstić information content (AvgIpc) is 2.90. The van der Waals surface area contributed by atoms with Crippen LogP contribution >= 0.6 is 0 Å². The number of likely N-dealkylation sites (tertiary alicyclic amines) is 1. The lowest BCUT2D eigenvalue weighted by atomic mass is 9.77. The molecule has 0 radical (unpaired) electrons. The van der Waals surface area contributed by atoms with Gasteiger partial charge in [0.05, 0.1) is 11.0 Å². The standard InChI is InChI=1S/C19H24F3N3O3/c1-17(2,3)28-16(27)24-10-6-18(7-11-24)8-12-25(15(18)26)14-13(19(20,21)22)5-4-9-23-14/h4-5,9H,6-8,10-12H2,1-3H3. The molecule has 2 aliphatic rings. The minimum absolute atomic E-state index is 0.186. The van der Waals surface area contributed by atoms with Gasteiger partial charge in [0.15, 0.2) is 0 Å². The van der Waals surface area contributed by atoms with Crippen molar-refractivity contribution in [1.29, 1.82) is 0 Å². The molecule has 3 rings (SSSR count). The Hall–Kier alpha value is -2.32. The quantitative estimate of drug-likeness (QED) is 0.720. The van der Waals surface area contributed by atoms with E-state index in [-0.39, 0.29) is 18.3 Å². The first-order chi connectivity index (χ1) is 12.9. The van der Waals surface area contributed by atoms with E-state index < -0.39 is 28.8 Å². The molecular formula is C19H24F3N3O3. The van der Waals surface area contributed by atoms with E-state index in [2.05, 4.69) is 4.98 Å². The molecule has 2 saturated heterocycles. The van der Waals surface area contributed by atoms with Gasteiger partial charge in [-0.05, 0) is 52.2 Å². The number of aromatic nitrogens is 1. The molecule has 0 atom stereocenters. The summed E-state index contributed by atoms with van der Waals surface area (Å²) in [5, 5.41) is 0. The summed E-state index contributed by atoms with van der Waals surface area (Å²) in [5.41, 5.74) is -2.27. The van der Waals surface area contributed by atoms with Crippen molar-refractivity contribution in [3.63, 3.8) is 0 Å². The lowest BCUT2D eigenvalue weighted by Crippen LogP contribution is -2.48. The molecule has 0 saturated carbocycles. The second-order valence-corrected chi connectivity index (χ2v) is 8.33. The second kappa shape index (κ2) is 6.93. The van der Waals surface area contributed by atoms with E-state index >= 15 is 0 Å². The summed E-state index contributed by atoms with van der Waals surface area (Å²) < 4.78 is 45.3. The smallest absolute Gasteiger partial charge is 0.419 e. The molecule has 2 amide bonds. The van der Waals surface area contributed by atoms with E-state index in [4.69, 9.17) is 4.74 Å². The van der Waals surface area contributed by atoms with Crippen LogP contribution in [0.5, 0.6) is 0 Å². The third kappa shape index (κ3) is 3.93. The maximum absolute atomic E-state index is 13.3. The third-order valence-corrected chi connectivity index (χ3v) is 5.23. The molecular weight excluding hydrogens is 375 g/mol. The van der Waals surface area contributed by atoms with E-state index in [1.165, 1.54) is 12.3 Å². The first kappa shape index (κ1) is 20.4. The number of hydrogen-bond donors (Lipinski definition) is 0. The maximum Gasteiger partial charge on any atom is 0.419 e. The molecule has 1 aromatic heterocycles. The molecule has 0 bridgehead atoms. The van der Waals surface area contributed by atoms with Crippen molar-refractivity contribution >= 4 is 17.8 Å². The Morgan fingerprint density at radius 2 is 1.75 bits per heavy atom. The highest BCUT2D eigenvalue weighted by atomic mass is 19.4. The first-order valence-corrected chi connectivity index (χ1v) is 9.25. The minimum atomic E-state index is -4.58. The number of carbonyl (C=O) groups excluding carboxylic acids is 2. The topological polar surface area (TPSA) is 62.7 Å². The summed E-state index contributed by atoms with van der Waals surface area (Å²) in [6.45, 7) is 6.19. The first-order valence-electron chi connectivity index (χ1n) is 9.25. The molecule has 2 aliphatic heterocycles. The molecule has 0 aliphatic carbocycles. The number of halogens is 3. The van der Waals surface area contributed by atoms with Gasteiger partial charge in [0.2, 0.25) is 5.91 Å². The van der Waals surface area contributed by atoms with Crippen molar-refractivity contribution in [2.75, 3.05) is 24.5 Å². The van der Waals surface area contributed by atoms with Crippen LogP contribution in [-0.4, -0.2) is 47.1 Å². The van der Waals surface area contributed by atoms with Crippen LogP contribution in [0.15, 0.2) is 18.3 Å². The maximum atomic E-state index is 13.3. The van der Waals surface area contributed by atoms with Crippen LogP contribution in [0.4, 0.5) is 23.8 Å². The Kier molecular flexibility index (Phi) is 5.05. The Bertz CT molecular complexity index is 766. The Balaban J connectivity index is 1.73. The van der Waals surface area contributed by atoms with Crippen LogP contribution in [0.25, 0.3) is 0 Å². The van der Waals surface area contributed by atoms with E-state index in [1.54, 1.807) is 25.7 Å². The zero-order chi connectivity index (χ0) is 20.7. The number of nitrogens with zero attached hydrogens (tertiary/aromatic N) is 3. The fourth-order valence-corrected chi connectivity index (χ4v) is 3.76. The molecule has 1 aromatic rings. The van der Waals surface area contributed by atoms with E-state index in [9.17, 15) is 22.8 Å². The molecule has 6 nitrogen and oxygen atoms in total. The van der Waals surface area contributed by atoms with Gasteiger partial charge >= 0.3 is 12.3 Å². The fraction of sp³-hybridized carbons (Fsp3) is 0.632. The Labute approximate surface area is 161 Å². The van der Waals surface area contributed by atoms with Crippen LogP contribution in [0.1, 0.15) is 45.6 Å². The number of pyridine rings is 1. The number of alkyl halides is 3. The zero-order valence-electron chi connectivity index (χ0n) is 16.2. The number of carbonyl (C=O) groups is 2. The zero-order valence-corrected chi connectivity index (χ0v) is 16.2. The Morgan fingerprint density at radius 3 is 2.32 bits per heavy atom. The summed E-state index contributed by atoms with van der Waals surface area (Å²) in [6, 6.07) is 2.15. The predicted molar refractivity (Wildman–Crippen MR) is 95.7 cm³/mol. The Morgan fingerprint density at radius 1 is 1.14 bits per heavy atom. The van der Waals surface area contributed by atoms with Gasteiger partial charge in [-0.25, -0.2) is 9.78 Å². The van der Waals surface area contributed by atoms with Gasteiger partial charge in [0.1, 0.15) is 11.4 Å². The highest BCUT2D eigenvalue weighted by Gasteiger charge is 2.51. The van der Waals surface area contributed by atoms with Gasteiger partial charge < -0.3 is 9.64 Å². The summed E-state index contributed by atoms with van der Waals surface area (Å²) in [4.78, 5) is 31.8. The molecule has 154 valence electrons. The molecule has 3 heterocycles. The van der Waals surface area contributed by atoms with Gasteiger partial charge in [-0.3, -0.25) is 9.69 Å². The summed E-state index contributed by atoms with van der Waals surface area (Å²) in [5.74, 6) is -0.688. The van der Waals surface area contributed by atoms with Crippen molar-refractivity contribution in [2.45, 2.75) is 51.8 Å². The van der Waals surface area contributed by atoms with Gasteiger partial charge in [-0.2, -0.15) is 13.2 Å². The number of ether oxygens (including phenoxy) is 1. The van der Waals surface area contributed by atoms with Crippen LogP contribution in [0, 0.1) is 5.41 Å². The third-order valence-electron chi connectivity index (χ3n) is 5.23. The van der Waals surface area contributed by atoms with Gasteiger partial charge in [0.25, 0.3) is 0 Å². The molecule has 1 spiro atoms. The molecule has 2 fully saturated rings. The van der Waals surface area contributed by atoms with Crippen molar-refractivity contribution in [3.8, 4) is 0 Å². The van der Waals surface area contributed by atoms with Gasteiger partial charge in [0, 0.05) is 25.8 Å². The highest BCUT2D eigenvalue weighted by Crippen LogP contribution is 2.45. The number of amides is 2. The predicted octanol–water partition coefficient (Wildman–Crippen LogP) is 3.85. The van der Waals surface area contributed by atoms with Crippen LogP contribution in [0.3, 0.4) is 0 Å². The largest absolute Gasteiger partial charge is 0.444 e. The van der Waals surface area contributed by atoms with Crippen molar-refractivity contribution in [1.82, 2.24) is 9.88 Å². The summed E-state index contributed by atoms with van der Waals surface area (Å²) in [6.07, 6.45) is -2.52. The fourth-order valence-electron chi connectivity index (χ4n) is 3.76. The summed E-state index contributed by atoms with van der Waals surface area (Å²) in [7, 11) is 0. The van der Waals surface area contributed by atoms with Crippen LogP contribution in [-0.2, 0) is 15.7 Å². The highest BCUT2D eigenvalue weighted by molar-refractivity contribution is 6.00. The number of rotatable bonds is 1. The van der Waals surface area contributed by atoms with Crippen molar-refractivity contribution < 1.29 is 27.5 Å². The number of hydrogen-bond acceptors (Lipinski definition) is 4. The molecule has 0 unspecified atom stereocenters. The molecule has 0 N–H and O–H groups in total. The van der Waals surface area contributed by atoms with E-state index in [1.807, 2.05) is 0 Å². The average molecular weight is 399 g/mol. The van der Waals surface area contributed by atoms with Crippen LogP contribution < -0.4 is 4.90 Å². The lowest BCUT2D eigenvalue weighted by Gasteiger charge is -2.38.